The molecule has 0 aliphatic carbocycles. The Morgan fingerprint density at radius 1 is 1.00 bits per heavy atom. The van der Waals surface area contributed by atoms with Crippen LogP contribution in [0.25, 0.3) is 11.2 Å². The Morgan fingerprint density at radius 3 is 2.65 bits per heavy atom. The Labute approximate surface area is 136 Å². The first-order chi connectivity index (χ1) is 11.3. The molecule has 3 nitrogen and oxygen atoms in total. The molecule has 0 unspecified atom stereocenters. The maximum Gasteiger partial charge on any atom is 0.0727 e. The van der Waals surface area contributed by atoms with E-state index in [9.17, 15) is 0 Å². The lowest BCUT2D eigenvalue weighted by Crippen LogP contribution is -2.04. The number of aromatic nitrogens is 1. The van der Waals surface area contributed by atoms with Gasteiger partial charge >= 0.3 is 0 Å². The van der Waals surface area contributed by atoms with Crippen LogP contribution in [0.4, 0.5) is 0 Å². The van der Waals surface area contributed by atoms with Gasteiger partial charge in [-0.2, -0.15) is 0 Å². The highest BCUT2D eigenvalue weighted by Gasteiger charge is 2.02. The molecule has 2 aromatic heterocycles. The highest BCUT2D eigenvalue weighted by atomic mass is 14.8. The molecule has 0 saturated carbocycles. The summed E-state index contributed by atoms with van der Waals surface area (Å²) in [5.74, 6) is 0. The normalized spacial score (nSPS) is 13.1. The van der Waals surface area contributed by atoms with Crippen molar-refractivity contribution in [3.63, 3.8) is 0 Å². The maximum atomic E-state index is 4.83. The van der Waals surface area contributed by atoms with Gasteiger partial charge in [0.1, 0.15) is 0 Å². The highest BCUT2D eigenvalue weighted by molar-refractivity contribution is 5.84. The second-order valence-corrected chi connectivity index (χ2v) is 5.30. The van der Waals surface area contributed by atoms with Crippen LogP contribution >= 0.6 is 0 Å². The van der Waals surface area contributed by atoms with Crippen molar-refractivity contribution < 1.29 is 0 Å². The molecule has 0 aliphatic heterocycles. The van der Waals surface area contributed by atoms with Crippen LogP contribution in [0, 0.1) is 6.92 Å². The molecular weight excluding hydrogens is 282 g/mol. The molecule has 3 heteroatoms. The molecule has 2 heterocycles. The third-order valence-electron chi connectivity index (χ3n) is 3.68. The molecule has 0 bridgehead atoms. The van der Waals surface area contributed by atoms with Crippen LogP contribution < -0.4 is 5.36 Å². The van der Waals surface area contributed by atoms with Gasteiger partial charge in [-0.25, -0.2) is 4.99 Å². The van der Waals surface area contributed by atoms with Crippen LogP contribution in [0.2, 0.25) is 0 Å². The third kappa shape index (κ3) is 3.46. The minimum absolute atomic E-state index is 0.911. The van der Waals surface area contributed by atoms with Gasteiger partial charge in [0.25, 0.3) is 0 Å². The van der Waals surface area contributed by atoms with E-state index in [1.165, 1.54) is 5.56 Å². The molecule has 0 atom stereocenters. The first-order valence-corrected chi connectivity index (χ1v) is 7.58. The highest BCUT2D eigenvalue weighted by Crippen LogP contribution is 2.19. The Hall–Kier alpha value is -2.94. The molecule has 0 saturated heterocycles. The molecule has 0 N–H and O–H groups in total. The van der Waals surface area contributed by atoms with Crippen LogP contribution in [0.3, 0.4) is 0 Å². The van der Waals surface area contributed by atoms with Gasteiger partial charge in [-0.1, -0.05) is 30.3 Å². The van der Waals surface area contributed by atoms with Crippen molar-refractivity contribution in [2.45, 2.75) is 6.92 Å². The summed E-state index contributed by atoms with van der Waals surface area (Å²) in [7, 11) is 1.76. The number of aryl methyl sites for hydroxylation is 1. The van der Waals surface area contributed by atoms with E-state index in [4.69, 9.17) is 4.99 Å². The van der Waals surface area contributed by atoms with Crippen molar-refractivity contribution in [2.75, 3.05) is 7.05 Å². The molecule has 23 heavy (non-hydrogen) atoms. The largest absolute Gasteiger partial charge is 0.324 e. The van der Waals surface area contributed by atoms with Gasteiger partial charge in [0.2, 0.25) is 0 Å². The van der Waals surface area contributed by atoms with Crippen LogP contribution in [-0.2, 0) is 0 Å². The second-order valence-electron chi connectivity index (χ2n) is 5.30. The zero-order valence-electron chi connectivity index (χ0n) is 13.3. The fraction of sp³-hybridized carbons (Fsp3) is 0.100. The molecule has 3 rings (SSSR count). The summed E-state index contributed by atoms with van der Waals surface area (Å²) in [6.07, 6.45) is 7.78. The van der Waals surface area contributed by atoms with Gasteiger partial charge in [-0.15, -0.1) is 0 Å². The fourth-order valence-electron chi connectivity index (χ4n) is 2.48. The van der Waals surface area contributed by atoms with Crippen molar-refractivity contribution in [3.05, 3.63) is 89.6 Å². The number of hydrogen-bond acceptors (Lipinski definition) is 2. The van der Waals surface area contributed by atoms with Gasteiger partial charge in [0.15, 0.2) is 0 Å². The number of hydrogen-bond donors (Lipinski definition) is 0. The molecular formula is C20H19N3. The molecule has 1 aromatic carbocycles. The molecule has 3 aromatic rings. The topological polar surface area (TPSA) is 29.1 Å². The summed E-state index contributed by atoms with van der Waals surface area (Å²) in [6.45, 7) is 2.10. The van der Waals surface area contributed by atoms with Crippen molar-refractivity contribution in [1.29, 1.82) is 0 Å². The number of rotatable bonds is 3. The molecule has 0 aliphatic rings. The van der Waals surface area contributed by atoms with E-state index < -0.39 is 0 Å². The fourth-order valence-corrected chi connectivity index (χ4v) is 2.48. The van der Waals surface area contributed by atoms with Crippen LogP contribution in [-0.4, -0.2) is 17.7 Å². The average molecular weight is 301 g/mol. The Kier molecular flexibility index (Phi) is 4.48. The first kappa shape index (κ1) is 15.0. The molecule has 0 amide bonds. The maximum absolute atomic E-state index is 4.83. The number of nitrogens with zero attached hydrogens (tertiary/aromatic N) is 3. The SMILES string of the molecule is CN=C/C=C(/N=c1ccn2ccccc2c1)c1ccccc1C. The van der Waals surface area contributed by atoms with Crippen molar-refractivity contribution >= 4 is 17.4 Å². The summed E-state index contributed by atoms with van der Waals surface area (Å²) in [4.78, 5) is 8.89. The number of aliphatic imine (C=N–C) groups is 1. The molecule has 0 fully saturated rings. The van der Waals surface area contributed by atoms with Crippen molar-refractivity contribution in [2.24, 2.45) is 9.98 Å². The summed E-state index contributed by atoms with van der Waals surface area (Å²) in [6, 6.07) is 18.5. The molecule has 0 spiro atoms. The molecule has 114 valence electrons. The summed E-state index contributed by atoms with van der Waals surface area (Å²) in [5.41, 5.74) is 4.34. The second kappa shape index (κ2) is 6.88. The van der Waals surface area contributed by atoms with E-state index >= 15 is 0 Å². The number of pyridine rings is 2. The first-order valence-electron chi connectivity index (χ1n) is 7.58. The zero-order valence-corrected chi connectivity index (χ0v) is 13.3. The predicted molar refractivity (Wildman–Crippen MR) is 96.5 cm³/mol. The van der Waals surface area contributed by atoms with Gasteiger partial charge in [0.05, 0.1) is 11.1 Å². The monoisotopic (exact) mass is 301 g/mol. The van der Waals surface area contributed by atoms with E-state index in [1.807, 2.05) is 48.8 Å². The van der Waals surface area contributed by atoms with Crippen molar-refractivity contribution in [1.82, 2.24) is 4.40 Å². The van der Waals surface area contributed by atoms with Gasteiger partial charge in [-0.3, -0.25) is 4.99 Å². The van der Waals surface area contributed by atoms with Crippen LogP contribution in [0.1, 0.15) is 11.1 Å². The average Bonchev–Trinajstić information content (AvgIpc) is 2.59. The smallest absolute Gasteiger partial charge is 0.0727 e. The van der Waals surface area contributed by atoms with Crippen LogP contribution in [0.15, 0.2) is 83.1 Å². The third-order valence-corrected chi connectivity index (χ3v) is 3.68. The van der Waals surface area contributed by atoms with Gasteiger partial charge in [0, 0.05) is 36.7 Å². The summed E-state index contributed by atoms with van der Waals surface area (Å²) >= 11 is 0. The van der Waals surface area contributed by atoms with E-state index in [0.717, 1.165) is 22.1 Å². The van der Waals surface area contributed by atoms with E-state index in [-0.39, 0.29) is 0 Å². The lowest BCUT2D eigenvalue weighted by Gasteiger charge is -2.06. The zero-order chi connectivity index (χ0) is 16.1. The van der Waals surface area contributed by atoms with Crippen LogP contribution in [0.5, 0.6) is 0 Å². The Bertz CT molecular complexity index is 946. The van der Waals surface area contributed by atoms with Gasteiger partial charge in [-0.05, 0) is 42.8 Å². The molecule has 0 radical (unpaired) electrons. The van der Waals surface area contributed by atoms with E-state index in [2.05, 4.69) is 40.6 Å². The summed E-state index contributed by atoms with van der Waals surface area (Å²) in [5, 5.41) is 0.926. The van der Waals surface area contributed by atoms with E-state index in [0.29, 0.717) is 0 Å². The minimum Gasteiger partial charge on any atom is -0.324 e. The van der Waals surface area contributed by atoms with Crippen molar-refractivity contribution in [3.8, 4) is 0 Å². The number of allylic oxidation sites excluding steroid dienone is 1. The number of fused-ring (bicyclic) bond motifs is 1. The van der Waals surface area contributed by atoms with Gasteiger partial charge < -0.3 is 4.40 Å². The lowest BCUT2D eigenvalue weighted by molar-refractivity contribution is 1.14. The lowest BCUT2D eigenvalue weighted by atomic mass is 10.1. The standard InChI is InChI=1S/C20H19N3/c1-16-7-3-4-9-19(16)20(10-12-21-2)22-17-11-14-23-13-6-5-8-18(23)15-17/h3-15H,1-2H3/b20-10+,21-12?,22-17?. The number of benzene rings is 1. The Morgan fingerprint density at radius 2 is 1.83 bits per heavy atom. The van der Waals surface area contributed by atoms with E-state index in [1.54, 1.807) is 13.3 Å². The Balaban J connectivity index is 2.15. The quantitative estimate of drug-likeness (QED) is 0.657. The predicted octanol–water partition coefficient (Wildman–Crippen LogP) is 3.89. The summed E-state index contributed by atoms with van der Waals surface area (Å²) < 4.78 is 2.07. The minimum atomic E-state index is 0.911.